The second kappa shape index (κ2) is 4.53. The number of esters is 1. The summed E-state index contributed by atoms with van der Waals surface area (Å²) in [6.07, 6.45) is 0. The van der Waals surface area contributed by atoms with Gasteiger partial charge in [0.25, 0.3) is 0 Å². The topological polar surface area (TPSA) is 75.9 Å². The SMILES string of the molecule is COC(=O)C(C#N)c1ccc(Cl)nn1. The molecule has 0 spiro atoms. The molecule has 72 valence electrons. The van der Waals surface area contributed by atoms with Gasteiger partial charge in [0.05, 0.1) is 18.9 Å². The number of ether oxygens (including phenoxy) is 1. The predicted molar refractivity (Wildman–Crippen MR) is 47.4 cm³/mol. The minimum atomic E-state index is -1.05. The molecule has 0 aromatic carbocycles. The van der Waals surface area contributed by atoms with Crippen molar-refractivity contribution in [2.24, 2.45) is 0 Å². The first-order valence-electron chi connectivity index (χ1n) is 3.65. The lowest BCUT2D eigenvalue weighted by molar-refractivity contribution is -0.141. The molecule has 5 nitrogen and oxygen atoms in total. The normalized spacial score (nSPS) is 11.5. The summed E-state index contributed by atoms with van der Waals surface area (Å²) in [5, 5.41) is 16.0. The van der Waals surface area contributed by atoms with E-state index in [0.29, 0.717) is 0 Å². The van der Waals surface area contributed by atoms with Crippen molar-refractivity contribution >= 4 is 17.6 Å². The van der Waals surface area contributed by atoms with Crippen LogP contribution in [-0.2, 0) is 9.53 Å². The third kappa shape index (κ3) is 2.18. The standard InChI is InChI=1S/C8H6ClN3O2/c1-14-8(13)5(4-10)6-2-3-7(9)12-11-6/h2-3,5H,1H3. The fourth-order valence-electron chi connectivity index (χ4n) is 0.838. The summed E-state index contributed by atoms with van der Waals surface area (Å²) >= 11 is 5.50. The number of hydrogen-bond donors (Lipinski definition) is 0. The monoisotopic (exact) mass is 211 g/mol. The van der Waals surface area contributed by atoms with Crippen molar-refractivity contribution in [2.45, 2.75) is 5.92 Å². The molecule has 1 unspecified atom stereocenters. The molecule has 0 radical (unpaired) electrons. The van der Waals surface area contributed by atoms with Gasteiger partial charge in [-0.15, -0.1) is 5.10 Å². The van der Waals surface area contributed by atoms with E-state index in [1.165, 1.54) is 19.2 Å². The van der Waals surface area contributed by atoms with Crippen LogP contribution < -0.4 is 0 Å². The molecule has 1 atom stereocenters. The molecule has 0 aliphatic rings. The Hall–Kier alpha value is -1.67. The van der Waals surface area contributed by atoms with Crippen LogP contribution in [0.2, 0.25) is 5.15 Å². The summed E-state index contributed by atoms with van der Waals surface area (Å²) in [4.78, 5) is 11.1. The van der Waals surface area contributed by atoms with Crippen LogP contribution in [0, 0.1) is 11.3 Å². The van der Waals surface area contributed by atoms with E-state index in [2.05, 4.69) is 14.9 Å². The molecule has 0 amide bonds. The highest BCUT2D eigenvalue weighted by atomic mass is 35.5. The fraction of sp³-hybridized carbons (Fsp3) is 0.250. The Labute approximate surface area is 85.3 Å². The van der Waals surface area contributed by atoms with E-state index >= 15 is 0 Å². The van der Waals surface area contributed by atoms with Gasteiger partial charge in [-0.25, -0.2) is 0 Å². The molecular formula is C8H6ClN3O2. The summed E-state index contributed by atoms with van der Waals surface area (Å²) in [6, 6.07) is 4.68. The third-order valence-electron chi connectivity index (χ3n) is 1.51. The lowest BCUT2D eigenvalue weighted by atomic mass is 10.1. The molecule has 6 heteroatoms. The zero-order valence-electron chi connectivity index (χ0n) is 7.27. The van der Waals surface area contributed by atoms with Gasteiger partial charge < -0.3 is 4.74 Å². The number of carbonyl (C=O) groups is 1. The largest absolute Gasteiger partial charge is 0.468 e. The number of nitriles is 1. The van der Waals surface area contributed by atoms with Crippen LogP contribution in [0.1, 0.15) is 11.6 Å². The molecule has 1 rings (SSSR count). The van der Waals surface area contributed by atoms with Crippen LogP contribution in [0.3, 0.4) is 0 Å². The average molecular weight is 212 g/mol. The Morgan fingerprint density at radius 3 is 2.79 bits per heavy atom. The van der Waals surface area contributed by atoms with E-state index in [-0.39, 0.29) is 10.8 Å². The zero-order valence-corrected chi connectivity index (χ0v) is 8.02. The van der Waals surface area contributed by atoms with Crippen LogP contribution in [0.4, 0.5) is 0 Å². The predicted octanol–water partition coefficient (Wildman–Crippen LogP) is 0.910. The van der Waals surface area contributed by atoms with Gasteiger partial charge in [0.15, 0.2) is 11.1 Å². The van der Waals surface area contributed by atoms with Gasteiger partial charge in [-0.2, -0.15) is 10.4 Å². The molecule has 14 heavy (non-hydrogen) atoms. The first-order chi connectivity index (χ1) is 6.69. The van der Waals surface area contributed by atoms with Crippen molar-refractivity contribution in [1.82, 2.24) is 10.2 Å². The molecule has 0 aliphatic heterocycles. The Balaban J connectivity index is 2.97. The molecule has 0 aliphatic carbocycles. The Morgan fingerprint density at radius 2 is 2.36 bits per heavy atom. The van der Waals surface area contributed by atoms with E-state index in [1.807, 2.05) is 0 Å². The Bertz CT molecular complexity index is 371. The zero-order chi connectivity index (χ0) is 10.6. The van der Waals surface area contributed by atoms with E-state index < -0.39 is 11.9 Å². The average Bonchev–Trinajstić information content (AvgIpc) is 2.21. The molecule has 0 bridgehead atoms. The maximum atomic E-state index is 11.1. The number of nitrogens with zero attached hydrogens (tertiary/aromatic N) is 3. The summed E-state index contributed by atoms with van der Waals surface area (Å²) in [5.41, 5.74) is 0.226. The maximum Gasteiger partial charge on any atom is 0.329 e. The number of carbonyl (C=O) groups excluding carboxylic acids is 1. The maximum absolute atomic E-state index is 11.1. The van der Waals surface area contributed by atoms with Crippen LogP contribution in [0.5, 0.6) is 0 Å². The van der Waals surface area contributed by atoms with Gasteiger partial charge in [-0.05, 0) is 12.1 Å². The van der Waals surface area contributed by atoms with Crippen LogP contribution in [-0.4, -0.2) is 23.3 Å². The first-order valence-corrected chi connectivity index (χ1v) is 4.03. The van der Waals surface area contributed by atoms with E-state index in [1.54, 1.807) is 6.07 Å². The Kier molecular flexibility index (Phi) is 3.37. The lowest BCUT2D eigenvalue weighted by Crippen LogP contribution is -2.14. The van der Waals surface area contributed by atoms with Crippen molar-refractivity contribution in [3.05, 3.63) is 23.0 Å². The molecule has 1 aromatic rings. The number of halogens is 1. The van der Waals surface area contributed by atoms with Gasteiger partial charge in [0.2, 0.25) is 0 Å². The second-order valence-electron chi connectivity index (χ2n) is 2.37. The van der Waals surface area contributed by atoms with Gasteiger partial charge in [-0.3, -0.25) is 4.79 Å². The summed E-state index contributed by atoms with van der Waals surface area (Å²) in [6.45, 7) is 0. The Morgan fingerprint density at radius 1 is 1.64 bits per heavy atom. The van der Waals surface area contributed by atoms with Gasteiger partial charge in [0.1, 0.15) is 0 Å². The quantitative estimate of drug-likeness (QED) is 0.680. The molecule has 1 heterocycles. The number of rotatable bonds is 2. The van der Waals surface area contributed by atoms with E-state index in [9.17, 15) is 4.79 Å². The highest BCUT2D eigenvalue weighted by Gasteiger charge is 2.22. The molecule has 0 saturated heterocycles. The van der Waals surface area contributed by atoms with Crippen LogP contribution in [0.25, 0.3) is 0 Å². The summed E-state index contributed by atoms with van der Waals surface area (Å²) in [7, 11) is 1.20. The van der Waals surface area contributed by atoms with Gasteiger partial charge >= 0.3 is 5.97 Å². The minimum absolute atomic E-state index is 0.204. The number of hydrogen-bond acceptors (Lipinski definition) is 5. The van der Waals surface area contributed by atoms with Crippen molar-refractivity contribution in [1.29, 1.82) is 5.26 Å². The summed E-state index contributed by atoms with van der Waals surface area (Å²) < 4.78 is 4.43. The molecular weight excluding hydrogens is 206 g/mol. The van der Waals surface area contributed by atoms with Crippen LogP contribution in [0.15, 0.2) is 12.1 Å². The van der Waals surface area contributed by atoms with Gasteiger partial charge in [-0.1, -0.05) is 11.6 Å². The number of aromatic nitrogens is 2. The highest BCUT2D eigenvalue weighted by molar-refractivity contribution is 6.29. The van der Waals surface area contributed by atoms with E-state index in [4.69, 9.17) is 16.9 Å². The number of methoxy groups -OCH3 is 1. The lowest BCUT2D eigenvalue weighted by Gasteiger charge is -2.04. The minimum Gasteiger partial charge on any atom is -0.468 e. The van der Waals surface area contributed by atoms with Crippen molar-refractivity contribution in [3.8, 4) is 6.07 Å². The van der Waals surface area contributed by atoms with Crippen molar-refractivity contribution in [2.75, 3.05) is 7.11 Å². The van der Waals surface area contributed by atoms with E-state index in [0.717, 1.165) is 0 Å². The molecule has 0 N–H and O–H groups in total. The highest BCUT2D eigenvalue weighted by Crippen LogP contribution is 2.14. The van der Waals surface area contributed by atoms with Crippen molar-refractivity contribution in [3.63, 3.8) is 0 Å². The first kappa shape index (κ1) is 10.4. The fourth-order valence-corrected chi connectivity index (χ4v) is 0.939. The van der Waals surface area contributed by atoms with Crippen LogP contribution >= 0.6 is 11.6 Å². The second-order valence-corrected chi connectivity index (χ2v) is 2.75. The smallest absolute Gasteiger partial charge is 0.329 e. The van der Waals surface area contributed by atoms with Crippen molar-refractivity contribution < 1.29 is 9.53 Å². The molecule has 1 aromatic heterocycles. The summed E-state index contributed by atoms with van der Waals surface area (Å²) in [5.74, 6) is -1.71. The third-order valence-corrected chi connectivity index (χ3v) is 1.72. The molecule has 0 fully saturated rings. The molecule has 0 saturated carbocycles. The van der Waals surface area contributed by atoms with Gasteiger partial charge in [0, 0.05) is 0 Å².